The molecule has 0 radical (unpaired) electrons. The van der Waals surface area contributed by atoms with Crippen LogP contribution in [0.5, 0.6) is 5.75 Å². The molecule has 0 amide bonds. The van der Waals surface area contributed by atoms with Crippen molar-refractivity contribution < 1.29 is 22.5 Å². The number of nitrogens with zero attached hydrogens (tertiary/aromatic N) is 1. The van der Waals surface area contributed by atoms with Gasteiger partial charge in [-0.05, 0) is 18.2 Å². The highest BCUT2D eigenvalue weighted by Gasteiger charge is 2.33. The predicted molar refractivity (Wildman–Crippen MR) is 69.3 cm³/mol. The molecular weight excluding hydrogens is 267 g/mol. The first-order chi connectivity index (χ1) is 9.46. The van der Waals surface area contributed by atoms with E-state index in [9.17, 15) is 13.2 Å². The maximum absolute atomic E-state index is 12.5. The third kappa shape index (κ3) is 2.15. The van der Waals surface area contributed by atoms with E-state index < -0.39 is 6.36 Å². The fourth-order valence-corrected chi connectivity index (χ4v) is 2.44. The number of aromatic nitrogens is 1. The van der Waals surface area contributed by atoms with E-state index in [0.29, 0.717) is 5.52 Å². The summed E-state index contributed by atoms with van der Waals surface area (Å²) in [6.45, 7) is 0. The first-order valence-corrected chi connectivity index (χ1v) is 6.01. The Morgan fingerprint density at radius 3 is 2.40 bits per heavy atom. The highest BCUT2D eigenvalue weighted by Crippen LogP contribution is 2.31. The molecule has 0 fully saturated rings. The Kier molecular flexibility index (Phi) is 2.78. The molecule has 1 aromatic heterocycles. The fourth-order valence-electron chi connectivity index (χ4n) is 2.44. The molecule has 20 heavy (non-hydrogen) atoms. The topological polar surface area (TPSA) is 13.1 Å². The van der Waals surface area contributed by atoms with Crippen LogP contribution in [0.2, 0.25) is 0 Å². The van der Waals surface area contributed by atoms with Gasteiger partial charge in [0.1, 0.15) is 7.05 Å². The van der Waals surface area contributed by atoms with Crippen LogP contribution in [0.3, 0.4) is 0 Å². The molecule has 0 N–H and O–H groups in total. The number of pyridine rings is 1. The van der Waals surface area contributed by atoms with E-state index in [0.717, 1.165) is 16.2 Å². The lowest BCUT2D eigenvalue weighted by Gasteiger charge is -2.10. The van der Waals surface area contributed by atoms with E-state index in [1.54, 1.807) is 29.9 Å². The number of aryl methyl sites for hydroxylation is 1. The molecule has 0 spiro atoms. The van der Waals surface area contributed by atoms with E-state index in [1.807, 2.05) is 24.3 Å². The summed E-state index contributed by atoms with van der Waals surface area (Å²) in [5.41, 5.74) is 0.420. The quantitative estimate of drug-likeness (QED) is 0.488. The Labute approximate surface area is 113 Å². The minimum absolute atomic E-state index is 0.191. The minimum atomic E-state index is -4.70. The van der Waals surface area contributed by atoms with Crippen LogP contribution in [0.15, 0.2) is 48.7 Å². The number of para-hydroxylation sites is 1. The van der Waals surface area contributed by atoms with Crippen LogP contribution >= 0.6 is 0 Å². The molecule has 5 heteroatoms. The lowest BCUT2D eigenvalue weighted by atomic mass is 10.1. The zero-order valence-electron chi connectivity index (χ0n) is 10.6. The van der Waals surface area contributed by atoms with E-state index in [1.165, 1.54) is 6.07 Å². The Bertz CT molecular complexity index is 796. The standard InChI is InChI=1S/C15H11F3NO/c1-19-9-10-5-2-3-6-11(10)12-7-4-8-13(14(12)19)20-15(16,17)18/h2-9H,1H3/q+1. The summed E-state index contributed by atoms with van der Waals surface area (Å²) in [7, 11) is 1.71. The van der Waals surface area contributed by atoms with Crippen LogP contribution in [0, 0.1) is 0 Å². The monoisotopic (exact) mass is 278 g/mol. The van der Waals surface area contributed by atoms with Gasteiger partial charge in [-0.15, -0.1) is 13.2 Å². The summed E-state index contributed by atoms with van der Waals surface area (Å²) in [6, 6.07) is 12.2. The average Bonchev–Trinajstić information content (AvgIpc) is 2.37. The van der Waals surface area contributed by atoms with Gasteiger partial charge in [0.25, 0.3) is 5.52 Å². The van der Waals surface area contributed by atoms with Crippen molar-refractivity contribution in [3.8, 4) is 5.75 Å². The van der Waals surface area contributed by atoms with Crippen LogP contribution in [0.4, 0.5) is 13.2 Å². The van der Waals surface area contributed by atoms with Gasteiger partial charge in [0.2, 0.25) is 5.75 Å². The molecule has 0 saturated carbocycles. The molecule has 0 aliphatic rings. The molecule has 2 nitrogen and oxygen atoms in total. The Morgan fingerprint density at radius 1 is 0.950 bits per heavy atom. The summed E-state index contributed by atoms with van der Waals surface area (Å²) in [4.78, 5) is 0. The lowest BCUT2D eigenvalue weighted by molar-refractivity contribution is -0.644. The summed E-state index contributed by atoms with van der Waals surface area (Å²) in [5, 5.41) is 2.59. The Balaban J connectivity index is 2.37. The van der Waals surface area contributed by atoms with E-state index in [-0.39, 0.29) is 5.75 Å². The highest BCUT2D eigenvalue weighted by atomic mass is 19.4. The molecule has 1 heterocycles. The molecule has 102 valence electrons. The Morgan fingerprint density at radius 2 is 1.65 bits per heavy atom. The number of ether oxygens (including phenoxy) is 1. The van der Waals surface area contributed by atoms with Gasteiger partial charge in [0, 0.05) is 10.8 Å². The molecule has 3 aromatic rings. The van der Waals surface area contributed by atoms with Gasteiger partial charge in [0.15, 0.2) is 6.20 Å². The molecule has 0 aliphatic heterocycles. The average molecular weight is 278 g/mol. The third-order valence-corrected chi connectivity index (χ3v) is 3.16. The molecule has 0 atom stereocenters. The Hall–Kier alpha value is -2.30. The maximum atomic E-state index is 12.5. The summed E-state index contributed by atoms with van der Waals surface area (Å²) < 4.78 is 43.2. The summed E-state index contributed by atoms with van der Waals surface area (Å²) in [5.74, 6) is -0.191. The van der Waals surface area contributed by atoms with Crippen LogP contribution < -0.4 is 9.30 Å². The molecule has 0 saturated heterocycles. The van der Waals surface area contributed by atoms with Gasteiger partial charge in [-0.3, -0.25) is 0 Å². The normalized spacial score (nSPS) is 12.0. The molecule has 0 bridgehead atoms. The molecule has 0 aliphatic carbocycles. The minimum Gasteiger partial charge on any atom is -0.399 e. The zero-order chi connectivity index (χ0) is 14.3. The third-order valence-electron chi connectivity index (χ3n) is 3.16. The molecule has 3 rings (SSSR count). The SMILES string of the molecule is C[n+]1cc2ccccc2c2cccc(OC(F)(F)F)c21. The van der Waals surface area contributed by atoms with E-state index >= 15 is 0 Å². The van der Waals surface area contributed by atoms with E-state index in [2.05, 4.69) is 4.74 Å². The van der Waals surface area contributed by atoms with Crippen LogP contribution in [0.25, 0.3) is 21.7 Å². The van der Waals surface area contributed by atoms with Gasteiger partial charge in [-0.1, -0.05) is 24.3 Å². The van der Waals surface area contributed by atoms with Gasteiger partial charge >= 0.3 is 6.36 Å². The number of alkyl halides is 3. The lowest BCUT2D eigenvalue weighted by Crippen LogP contribution is -2.30. The number of rotatable bonds is 1. The number of hydrogen-bond acceptors (Lipinski definition) is 1. The van der Waals surface area contributed by atoms with Crippen LogP contribution in [-0.2, 0) is 7.05 Å². The summed E-state index contributed by atoms with van der Waals surface area (Å²) >= 11 is 0. The van der Waals surface area contributed by atoms with Crippen LogP contribution in [-0.4, -0.2) is 6.36 Å². The first kappa shape index (κ1) is 12.7. The predicted octanol–water partition coefficient (Wildman–Crippen LogP) is 3.72. The van der Waals surface area contributed by atoms with Crippen molar-refractivity contribution in [1.29, 1.82) is 0 Å². The van der Waals surface area contributed by atoms with Crippen molar-refractivity contribution in [2.75, 3.05) is 0 Å². The van der Waals surface area contributed by atoms with Gasteiger partial charge in [-0.25, -0.2) is 0 Å². The second kappa shape index (κ2) is 4.37. The fraction of sp³-hybridized carbons (Fsp3) is 0.133. The van der Waals surface area contributed by atoms with Crippen LogP contribution in [0.1, 0.15) is 0 Å². The number of benzene rings is 2. The van der Waals surface area contributed by atoms with Crippen molar-refractivity contribution >= 4 is 21.7 Å². The smallest absolute Gasteiger partial charge is 0.399 e. The molecule has 2 aromatic carbocycles. The number of hydrogen-bond donors (Lipinski definition) is 0. The number of halogens is 3. The first-order valence-electron chi connectivity index (χ1n) is 6.01. The van der Waals surface area contributed by atoms with E-state index in [4.69, 9.17) is 0 Å². The van der Waals surface area contributed by atoms with Gasteiger partial charge in [-0.2, -0.15) is 4.57 Å². The van der Waals surface area contributed by atoms with Crippen molar-refractivity contribution in [1.82, 2.24) is 0 Å². The largest absolute Gasteiger partial charge is 0.573 e. The second-order valence-electron chi connectivity index (χ2n) is 4.53. The second-order valence-corrected chi connectivity index (χ2v) is 4.53. The van der Waals surface area contributed by atoms with Crippen molar-refractivity contribution in [2.24, 2.45) is 7.05 Å². The number of fused-ring (bicyclic) bond motifs is 3. The van der Waals surface area contributed by atoms with Crippen molar-refractivity contribution in [3.63, 3.8) is 0 Å². The van der Waals surface area contributed by atoms with Gasteiger partial charge < -0.3 is 4.74 Å². The van der Waals surface area contributed by atoms with Crippen molar-refractivity contribution in [2.45, 2.75) is 6.36 Å². The maximum Gasteiger partial charge on any atom is 0.573 e. The molecular formula is C15H11F3NO+. The zero-order valence-corrected chi connectivity index (χ0v) is 10.6. The summed E-state index contributed by atoms with van der Waals surface area (Å²) in [6.07, 6.45) is -2.91. The van der Waals surface area contributed by atoms with Crippen molar-refractivity contribution in [3.05, 3.63) is 48.7 Å². The molecule has 0 unspecified atom stereocenters. The van der Waals surface area contributed by atoms with Gasteiger partial charge in [0.05, 0.1) is 5.39 Å². The highest BCUT2D eigenvalue weighted by molar-refractivity contribution is 6.05.